The number of aromatic nitrogens is 3. The maximum atomic E-state index is 12.2. The predicted octanol–water partition coefficient (Wildman–Crippen LogP) is 1.63. The van der Waals surface area contributed by atoms with Gasteiger partial charge in [-0.2, -0.15) is 0 Å². The molecule has 0 aromatic carbocycles. The average Bonchev–Trinajstić information content (AvgIpc) is 2.88. The number of nitrogens with zero attached hydrogens (tertiary/aromatic N) is 2. The zero-order valence-electron chi connectivity index (χ0n) is 10.8. The molecule has 1 aliphatic rings. The van der Waals surface area contributed by atoms with E-state index in [-0.39, 0.29) is 11.8 Å². The molecule has 1 amide bonds. The predicted molar refractivity (Wildman–Crippen MR) is 70.8 cm³/mol. The van der Waals surface area contributed by atoms with Gasteiger partial charge in [-0.05, 0) is 25.8 Å². The van der Waals surface area contributed by atoms with Crippen LogP contribution in [0.1, 0.15) is 18.7 Å². The van der Waals surface area contributed by atoms with Crippen molar-refractivity contribution in [3.8, 4) is 0 Å². The van der Waals surface area contributed by atoms with E-state index in [4.69, 9.17) is 4.74 Å². The molecular formula is C13H16N4O2. The van der Waals surface area contributed by atoms with E-state index in [0.29, 0.717) is 18.2 Å². The Morgan fingerprint density at radius 1 is 1.53 bits per heavy atom. The smallest absolute Gasteiger partial charge is 0.230 e. The first kappa shape index (κ1) is 12.1. The Morgan fingerprint density at radius 3 is 3.21 bits per heavy atom. The standard InChI is InChI=1S/C13H16N4O2/c1-8-15-11-10(4-5-14-11)12(16-8)17-13(18)9-3-2-6-19-7-9/h4-5,9H,2-3,6-7H2,1H3,(H2,14,15,16,17,18)/t9-/m1/s1. The van der Waals surface area contributed by atoms with Crippen LogP contribution in [0.5, 0.6) is 0 Å². The molecule has 3 heterocycles. The highest BCUT2D eigenvalue weighted by Gasteiger charge is 2.22. The molecule has 0 aliphatic carbocycles. The first-order chi connectivity index (χ1) is 9.24. The molecule has 2 aromatic heterocycles. The van der Waals surface area contributed by atoms with E-state index >= 15 is 0 Å². The highest BCUT2D eigenvalue weighted by molar-refractivity contribution is 5.99. The van der Waals surface area contributed by atoms with Crippen LogP contribution in [0.15, 0.2) is 12.3 Å². The van der Waals surface area contributed by atoms with Crippen LogP contribution in [0.4, 0.5) is 5.82 Å². The Kier molecular flexibility index (Phi) is 3.16. The quantitative estimate of drug-likeness (QED) is 0.860. The SMILES string of the molecule is Cc1nc(NC(=O)[C@@H]2CCCOC2)c2cc[nH]c2n1. The van der Waals surface area contributed by atoms with Crippen LogP contribution in [0.3, 0.4) is 0 Å². The van der Waals surface area contributed by atoms with Crippen molar-refractivity contribution in [2.45, 2.75) is 19.8 Å². The van der Waals surface area contributed by atoms with Gasteiger partial charge in [-0.3, -0.25) is 4.79 Å². The van der Waals surface area contributed by atoms with E-state index in [1.165, 1.54) is 0 Å². The highest BCUT2D eigenvalue weighted by Crippen LogP contribution is 2.21. The van der Waals surface area contributed by atoms with Gasteiger partial charge in [-0.25, -0.2) is 9.97 Å². The van der Waals surface area contributed by atoms with Crippen molar-refractivity contribution in [1.29, 1.82) is 0 Å². The lowest BCUT2D eigenvalue weighted by atomic mass is 10.0. The molecule has 2 N–H and O–H groups in total. The summed E-state index contributed by atoms with van der Waals surface area (Å²) in [6.07, 6.45) is 3.59. The Bertz CT molecular complexity index is 602. The normalized spacial score (nSPS) is 19.5. The third-order valence-corrected chi connectivity index (χ3v) is 3.30. The number of hydrogen-bond donors (Lipinski definition) is 2. The number of carbonyl (C=O) groups excluding carboxylic acids is 1. The van der Waals surface area contributed by atoms with Gasteiger partial charge in [0.05, 0.1) is 17.9 Å². The van der Waals surface area contributed by atoms with Gasteiger partial charge in [0.2, 0.25) is 5.91 Å². The van der Waals surface area contributed by atoms with E-state index in [0.717, 1.165) is 30.5 Å². The molecule has 3 rings (SSSR count). The molecule has 1 saturated heterocycles. The third kappa shape index (κ3) is 2.44. The fourth-order valence-electron chi connectivity index (χ4n) is 2.31. The van der Waals surface area contributed by atoms with Gasteiger partial charge in [0, 0.05) is 12.8 Å². The van der Waals surface area contributed by atoms with E-state index < -0.39 is 0 Å². The molecule has 6 heteroatoms. The summed E-state index contributed by atoms with van der Waals surface area (Å²) >= 11 is 0. The summed E-state index contributed by atoms with van der Waals surface area (Å²) in [5.41, 5.74) is 0.739. The lowest BCUT2D eigenvalue weighted by Crippen LogP contribution is -2.30. The van der Waals surface area contributed by atoms with Gasteiger partial charge in [0.25, 0.3) is 0 Å². The maximum Gasteiger partial charge on any atom is 0.230 e. The van der Waals surface area contributed by atoms with Crippen LogP contribution in [0.2, 0.25) is 0 Å². The Labute approximate surface area is 110 Å². The van der Waals surface area contributed by atoms with E-state index in [1.807, 2.05) is 6.07 Å². The van der Waals surface area contributed by atoms with Gasteiger partial charge in [-0.15, -0.1) is 0 Å². The van der Waals surface area contributed by atoms with Crippen LogP contribution in [0.25, 0.3) is 11.0 Å². The summed E-state index contributed by atoms with van der Waals surface area (Å²) in [5, 5.41) is 3.72. The van der Waals surface area contributed by atoms with Crippen LogP contribution in [0, 0.1) is 12.8 Å². The van der Waals surface area contributed by atoms with Gasteiger partial charge in [0.1, 0.15) is 17.3 Å². The van der Waals surface area contributed by atoms with Crippen molar-refractivity contribution in [3.63, 3.8) is 0 Å². The van der Waals surface area contributed by atoms with E-state index in [9.17, 15) is 4.79 Å². The molecule has 1 aliphatic heterocycles. The fourth-order valence-corrected chi connectivity index (χ4v) is 2.31. The summed E-state index contributed by atoms with van der Waals surface area (Å²) in [7, 11) is 0. The molecule has 0 radical (unpaired) electrons. The summed E-state index contributed by atoms with van der Waals surface area (Å²) < 4.78 is 5.34. The molecule has 0 bridgehead atoms. The Hall–Kier alpha value is -1.95. The Balaban J connectivity index is 1.84. The molecular weight excluding hydrogens is 244 g/mol. The summed E-state index contributed by atoms with van der Waals surface area (Å²) in [6, 6.07) is 1.86. The number of nitrogens with one attached hydrogen (secondary N) is 2. The summed E-state index contributed by atoms with van der Waals surface area (Å²) in [4.78, 5) is 23.8. The molecule has 100 valence electrons. The van der Waals surface area contributed by atoms with E-state index in [1.54, 1.807) is 13.1 Å². The number of aromatic amines is 1. The van der Waals surface area contributed by atoms with Crippen LogP contribution in [-0.2, 0) is 9.53 Å². The minimum atomic E-state index is -0.0852. The molecule has 19 heavy (non-hydrogen) atoms. The number of rotatable bonds is 2. The zero-order chi connectivity index (χ0) is 13.2. The second-order valence-electron chi connectivity index (χ2n) is 4.76. The number of aryl methyl sites for hydroxylation is 1. The maximum absolute atomic E-state index is 12.2. The van der Waals surface area contributed by atoms with Crippen LogP contribution in [-0.4, -0.2) is 34.1 Å². The fraction of sp³-hybridized carbons (Fsp3) is 0.462. The highest BCUT2D eigenvalue weighted by atomic mass is 16.5. The van der Waals surface area contributed by atoms with Crippen molar-refractivity contribution >= 4 is 22.8 Å². The minimum Gasteiger partial charge on any atom is -0.381 e. The summed E-state index contributed by atoms with van der Waals surface area (Å²) in [5.74, 6) is 1.09. The average molecular weight is 260 g/mol. The first-order valence-corrected chi connectivity index (χ1v) is 6.44. The third-order valence-electron chi connectivity index (χ3n) is 3.30. The lowest BCUT2D eigenvalue weighted by molar-refractivity contribution is -0.123. The molecule has 0 spiro atoms. The molecule has 6 nitrogen and oxygen atoms in total. The first-order valence-electron chi connectivity index (χ1n) is 6.44. The number of amides is 1. The molecule has 2 aromatic rings. The van der Waals surface area contributed by atoms with Gasteiger partial charge in [-0.1, -0.05) is 0 Å². The monoisotopic (exact) mass is 260 g/mol. The topological polar surface area (TPSA) is 79.9 Å². The largest absolute Gasteiger partial charge is 0.381 e. The number of carbonyl (C=O) groups is 1. The van der Waals surface area contributed by atoms with Gasteiger partial charge >= 0.3 is 0 Å². The zero-order valence-corrected chi connectivity index (χ0v) is 10.8. The lowest BCUT2D eigenvalue weighted by Gasteiger charge is -2.21. The molecule has 1 atom stereocenters. The number of anilines is 1. The second kappa shape index (κ2) is 4.97. The minimum absolute atomic E-state index is 0.0275. The second-order valence-corrected chi connectivity index (χ2v) is 4.76. The van der Waals surface area contributed by atoms with E-state index in [2.05, 4.69) is 20.3 Å². The Morgan fingerprint density at radius 2 is 2.42 bits per heavy atom. The van der Waals surface area contributed by atoms with Crippen molar-refractivity contribution in [3.05, 3.63) is 18.1 Å². The van der Waals surface area contributed by atoms with Crippen molar-refractivity contribution in [1.82, 2.24) is 15.0 Å². The van der Waals surface area contributed by atoms with Crippen molar-refractivity contribution in [2.75, 3.05) is 18.5 Å². The number of ether oxygens (including phenoxy) is 1. The number of hydrogen-bond acceptors (Lipinski definition) is 4. The molecule has 0 saturated carbocycles. The molecule has 1 fully saturated rings. The van der Waals surface area contributed by atoms with Crippen molar-refractivity contribution in [2.24, 2.45) is 5.92 Å². The van der Waals surface area contributed by atoms with Gasteiger partial charge in [0.15, 0.2) is 0 Å². The summed E-state index contributed by atoms with van der Waals surface area (Å²) in [6.45, 7) is 3.05. The molecule has 0 unspecified atom stereocenters. The number of H-pyrrole nitrogens is 1. The van der Waals surface area contributed by atoms with Crippen molar-refractivity contribution < 1.29 is 9.53 Å². The van der Waals surface area contributed by atoms with Crippen LogP contribution >= 0.6 is 0 Å². The number of fused-ring (bicyclic) bond motifs is 1. The van der Waals surface area contributed by atoms with Crippen LogP contribution < -0.4 is 5.32 Å². The van der Waals surface area contributed by atoms with Gasteiger partial charge < -0.3 is 15.0 Å².